The van der Waals surface area contributed by atoms with E-state index in [1.165, 1.54) is 12.4 Å². The number of aryl methyl sites for hydroxylation is 1. The van der Waals surface area contributed by atoms with Gasteiger partial charge in [0.25, 0.3) is 5.95 Å². The molecule has 1 unspecified atom stereocenters. The molecule has 1 saturated carbocycles. The molecule has 3 aromatic rings. The van der Waals surface area contributed by atoms with Gasteiger partial charge in [0.2, 0.25) is 5.91 Å². The molecule has 8 nitrogen and oxygen atoms in total. The van der Waals surface area contributed by atoms with Gasteiger partial charge < -0.3 is 9.87 Å². The predicted molar refractivity (Wildman–Crippen MR) is 126 cm³/mol. The second kappa shape index (κ2) is 9.42. The summed E-state index contributed by atoms with van der Waals surface area (Å²) >= 11 is -1.26. The summed E-state index contributed by atoms with van der Waals surface area (Å²) < 4.78 is 53.8. The SMILES string of the molecule is Cc1cc(-c2cncc(C(F)(F)F)n2)ccc1NC(=O)C(C)(C)c1ccnc(N[S+]([O-])C2CC2)n1. The zero-order valence-corrected chi connectivity index (χ0v) is 20.0. The number of nitrogens with one attached hydrogen (secondary N) is 2. The smallest absolute Gasteiger partial charge is 0.434 e. The Hall–Kier alpha value is -3.25. The largest absolute Gasteiger partial charge is 0.593 e. The van der Waals surface area contributed by atoms with E-state index in [0.29, 0.717) is 28.7 Å². The summed E-state index contributed by atoms with van der Waals surface area (Å²) in [5, 5.41) is 2.96. The molecule has 1 atom stereocenters. The number of carbonyl (C=O) groups is 1. The summed E-state index contributed by atoms with van der Waals surface area (Å²) in [7, 11) is 0. The number of alkyl halides is 3. The average Bonchev–Trinajstić information content (AvgIpc) is 3.66. The quantitative estimate of drug-likeness (QED) is 0.458. The van der Waals surface area contributed by atoms with Gasteiger partial charge in [-0.3, -0.25) is 9.78 Å². The Bertz CT molecular complexity index is 1250. The third-order valence-corrected chi connectivity index (χ3v) is 7.04. The zero-order valence-electron chi connectivity index (χ0n) is 19.2. The van der Waals surface area contributed by atoms with Crippen LogP contribution in [0.15, 0.2) is 42.9 Å². The van der Waals surface area contributed by atoms with Crippen molar-refractivity contribution in [2.45, 2.75) is 50.5 Å². The van der Waals surface area contributed by atoms with Crippen LogP contribution in [0.25, 0.3) is 11.3 Å². The van der Waals surface area contributed by atoms with Crippen LogP contribution in [0.3, 0.4) is 0 Å². The predicted octanol–water partition coefficient (Wildman–Crippen LogP) is 4.42. The summed E-state index contributed by atoms with van der Waals surface area (Å²) in [5.41, 5.74) is -0.0535. The van der Waals surface area contributed by atoms with Gasteiger partial charge >= 0.3 is 6.18 Å². The number of benzene rings is 1. The second-order valence-electron chi connectivity index (χ2n) is 8.76. The molecule has 12 heteroatoms. The van der Waals surface area contributed by atoms with Gasteiger partial charge in [0.15, 0.2) is 5.69 Å². The molecule has 2 aromatic heterocycles. The second-order valence-corrected chi connectivity index (χ2v) is 10.2. The van der Waals surface area contributed by atoms with Gasteiger partial charge in [-0.05, 0) is 44.5 Å². The third kappa shape index (κ3) is 5.70. The topological polar surface area (TPSA) is 116 Å². The molecule has 0 radical (unpaired) electrons. The Balaban J connectivity index is 1.50. The van der Waals surface area contributed by atoms with Crippen molar-refractivity contribution >= 4 is 28.9 Å². The lowest BCUT2D eigenvalue weighted by atomic mass is 9.87. The van der Waals surface area contributed by atoms with Crippen molar-refractivity contribution < 1.29 is 22.5 Å². The number of aromatic nitrogens is 4. The van der Waals surface area contributed by atoms with E-state index in [0.717, 1.165) is 12.8 Å². The first-order chi connectivity index (χ1) is 16.4. The minimum atomic E-state index is -4.60. The Labute approximate surface area is 203 Å². The van der Waals surface area contributed by atoms with Crippen molar-refractivity contribution in [3.8, 4) is 11.3 Å². The van der Waals surface area contributed by atoms with Gasteiger partial charge in [0.05, 0.1) is 40.6 Å². The first-order valence-corrected chi connectivity index (χ1v) is 12.0. The normalized spacial score (nSPS) is 14.9. The maximum Gasteiger partial charge on any atom is 0.434 e. The van der Waals surface area contributed by atoms with E-state index in [-0.39, 0.29) is 22.8 Å². The minimum Gasteiger partial charge on any atom is -0.593 e. The van der Waals surface area contributed by atoms with Crippen LogP contribution in [0.4, 0.5) is 24.8 Å². The molecule has 35 heavy (non-hydrogen) atoms. The minimum absolute atomic E-state index is 0.0748. The van der Waals surface area contributed by atoms with E-state index in [9.17, 15) is 22.5 Å². The van der Waals surface area contributed by atoms with Crippen molar-refractivity contribution in [1.29, 1.82) is 0 Å². The fraction of sp³-hybridized carbons (Fsp3) is 0.348. The van der Waals surface area contributed by atoms with Crippen molar-refractivity contribution in [2.75, 3.05) is 10.0 Å². The van der Waals surface area contributed by atoms with Crippen LogP contribution in [0.5, 0.6) is 0 Å². The number of anilines is 2. The number of nitrogens with zero attached hydrogens (tertiary/aromatic N) is 4. The summed E-state index contributed by atoms with van der Waals surface area (Å²) in [6.07, 6.45) is 0.616. The molecular weight excluding hydrogens is 481 g/mol. The number of hydrogen-bond acceptors (Lipinski definition) is 7. The average molecular weight is 505 g/mol. The van der Waals surface area contributed by atoms with Gasteiger partial charge in [-0.1, -0.05) is 6.07 Å². The molecule has 0 aliphatic heterocycles. The van der Waals surface area contributed by atoms with Crippen molar-refractivity contribution in [1.82, 2.24) is 19.9 Å². The van der Waals surface area contributed by atoms with Crippen molar-refractivity contribution in [2.24, 2.45) is 0 Å². The lowest BCUT2D eigenvalue weighted by Crippen LogP contribution is -2.36. The number of rotatable bonds is 7. The lowest BCUT2D eigenvalue weighted by molar-refractivity contribution is -0.141. The van der Waals surface area contributed by atoms with E-state index < -0.39 is 28.6 Å². The molecule has 2 heterocycles. The Morgan fingerprint density at radius 2 is 1.86 bits per heavy atom. The number of amides is 1. The maximum absolute atomic E-state index is 13.1. The van der Waals surface area contributed by atoms with Gasteiger partial charge in [0, 0.05) is 30.3 Å². The van der Waals surface area contributed by atoms with Gasteiger partial charge in [-0.2, -0.15) is 17.9 Å². The van der Waals surface area contributed by atoms with Crippen molar-refractivity contribution in [3.05, 3.63) is 59.8 Å². The van der Waals surface area contributed by atoms with Gasteiger partial charge in [-0.25, -0.2) is 15.0 Å². The molecule has 1 aromatic carbocycles. The third-order valence-electron chi connectivity index (χ3n) is 5.58. The van der Waals surface area contributed by atoms with Gasteiger partial charge in [-0.15, -0.1) is 0 Å². The fourth-order valence-corrected chi connectivity index (χ4v) is 4.22. The van der Waals surface area contributed by atoms with E-state index in [1.807, 2.05) is 0 Å². The van der Waals surface area contributed by atoms with E-state index in [4.69, 9.17) is 0 Å². The van der Waals surface area contributed by atoms with Crippen LogP contribution < -0.4 is 10.0 Å². The first-order valence-electron chi connectivity index (χ1n) is 10.8. The standard InChI is InChI=1S/C23H23F3N6O2S/c1-13-10-14(17-11-27-12-19(29-17)23(24,25)26)4-7-16(13)30-20(33)22(2,3)18-8-9-28-21(31-18)32-35(34)15-5-6-15/h4,7-12,15H,5-6H2,1-3H3,(H,30,33)(H,28,31,32). The van der Waals surface area contributed by atoms with Crippen LogP contribution >= 0.6 is 0 Å². The van der Waals surface area contributed by atoms with E-state index in [2.05, 4.69) is 30.0 Å². The first kappa shape index (κ1) is 24.9. The molecule has 1 aliphatic carbocycles. The number of halogens is 3. The highest BCUT2D eigenvalue weighted by atomic mass is 32.2. The molecule has 1 aliphatic rings. The molecule has 0 spiro atoms. The Kier molecular flexibility index (Phi) is 6.69. The fourth-order valence-electron chi connectivity index (χ4n) is 3.21. The monoisotopic (exact) mass is 504 g/mol. The molecule has 0 saturated heterocycles. The highest BCUT2D eigenvalue weighted by Crippen LogP contribution is 2.32. The van der Waals surface area contributed by atoms with Gasteiger partial charge in [0.1, 0.15) is 5.25 Å². The number of carbonyl (C=O) groups excluding carboxylic acids is 1. The Morgan fingerprint density at radius 3 is 2.51 bits per heavy atom. The molecule has 1 amide bonds. The van der Waals surface area contributed by atoms with Crippen LogP contribution in [0.2, 0.25) is 0 Å². The number of hydrogen-bond donors (Lipinski definition) is 2. The molecule has 0 bridgehead atoms. The van der Waals surface area contributed by atoms with Crippen LogP contribution in [0, 0.1) is 6.92 Å². The van der Waals surface area contributed by atoms with Crippen molar-refractivity contribution in [3.63, 3.8) is 0 Å². The molecule has 4 rings (SSSR count). The highest BCUT2D eigenvalue weighted by molar-refractivity contribution is 7.93. The van der Waals surface area contributed by atoms with Crippen LogP contribution in [-0.2, 0) is 27.7 Å². The highest BCUT2D eigenvalue weighted by Gasteiger charge is 2.37. The van der Waals surface area contributed by atoms with Crippen LogP contribution in [0.1, 0.15) is 43.6 Å². The summed E-state index contributed by atoms with van der Waals surface area (Å²) in [6, 6.07) is 6.42. The van der Waals surface area contributed by atoms with E-state index >= 15 is 0 Å². The summed E-state index contributed by atoms with van der Waals surface area (Å²) in [5.74, 6) is -0.156. The Morgan fingerprint density at radius 1 is 1.11 bits per heavy atom. The summed E-state index contributed by atoms with van der Waals surface area (Å²) in [6.45, 7) is 5.13. The summed E-state index contributed by atoms with van der Waals surface area (Å²) in [4.78, 5) is 28.9. The molecule has 184 valence electrons. The molecule has 2 N–H and O–H groups in total. The lowest BCUT2D eigenvalue weighted by Gasteiger charge is -2.24. The molecule has 1 fully saturated rings. The maximum atomic E-state index is 13.1. The zero-order chi connectivity index (χ0) is 25.4. The molecular formula is C23H23F3N6O2S. The van der Waals surface area contributed by atoms with E-state index in [1.54, 1.807) is 45.0 Å². The van der Waals surface area contributed by atoms with Crippen LogP contribution in [-0.4, -0.2) is 35.6 Å².